The lowest BCUT2D eigenvalue weighted by molar-refractivity contribution is -0.0503. The van der Waals surface area contributed by atoms with E-state index in [1.165, 1.54) is 89.4 Å². The summed E-state index contributed by atoms with van der Waals surface area (Å²) >= 11 is 0. The maximum absolute atomic E-state index is 12.3. The van der Waals surface area contributed by atoms with Crippen LogP contribution in [0.5, 0.6) is 0 Å². The molecular formula is C41H90N12O15P4. The predicted molar refractivity (Wildman–Crippen MR) is 280 cm³/mol. The molecule has 2 aromatic rings. The van der Waals surface area contributed by atoms with Gasteiger partial charge in [0.15, 0.2) is 17.7 Å². The zero-order chi connectivity index (χ0) is 55.6. The number of anilines is 1. The van der Waals surface area contributed by atoms with E-state index in [0.29, 0.717) is 25.7 Å². The molecule has 2 aromatic heterocycles. The molecule has 27 nitrogen and oxygen atoms in total. The molecule has 72 heavy (non-hydrogen) atoms. The van der Waals surface area contributed by atoms with Gasteiger partial charge in [0.25, 0.3) is 0 Å². The van der Waals surface area contributed by atoms with Gasteiger partial charge in [0, 0.05) is 11.5 Å². The van der Waals surface area contributed by atoms with Gasteiger partial charge in [-0.15, -0.1) is 0 Å². The van der Waals surface area contributed by atoms with Crippen LogP contribution < -0.4 is 5.73 Å². The van der Waals surface area contributed by atoms with Crippen LogP contribution in [-0.4, -0.2) is 185 Å². The number of aliphatic hydroxyl groups is 2. The summed E-state index contributed by atoms with van der Waals surface area (Å²) in [7, 11) is -22.3. The maximum Gasteiger partial charge on any atom is 0.490 e. The molecule has 31 heteroatoms. The topological polar surface area (TPSA) is 367 Å². The molecule has 0 amide bonds. The van der Waals surface area contributed by atoms with E-state index in [0.717, 1.165) is 6.33 Å². The van der Waals surface area contributed by atoms with Crippen LogP contribution in [0.1, 0.15) is 121 Å². The van der Waals surface area contributed by atoms with E-state index in [4.69, 9.17) is 16.0 Å². The van der Waals surface area contributed by atoms with Crippen molar-refractivity contribution in [1.29, 1.82) is 0 Å². The highest BCUT2D eigenvalue weighted by Gasteiger charge is 2.48. The second-order valence-corrected chi connectivity index (χ2v) is 22.4. The number of nitrogen functional groups attached to an aromatic ring is 1. The molecule has 4 unspecified atom stereocenters. The van der Waals surface area contributed by atoms with Crippen LogP contribution in [0, 0.1) is 0 Å². The van der Waals surface area contributed by atoms with Crippen LogP contribution >= 0.6 is 31.1 Å². The summed E-state index contributed by atoms with van der Waals surface area (Å²) in [6.07, 6.45) is -2.37. The Balaban J connectivity index is 0. The average Bonchev–Trinajstić information content (AvgIpc) is 3.88. The number of imidazole rings is 1. The number of rotatable bonds is 30. The zero-order valence-corrected chi connectivity index (χ0v) is 48.3. The summed E-state index contributed by atoms with van der Waals surface area (Å²) in [5.74, 6) is 0.0158. The minimum Gasteiger partial charge on any atom is -0.387 e. The molecule has 1 fully saturated rings. The third-order valence-corrected chi connectivity index (χ3v) is 17.7. The van der Waals surface area contributed by atoms with E-state index in [-0.39, 0.29) is 29.9 Å². The first-order valence-electron chi connectivity index (χ1n) is 24.8. The highest BCUT2D eigenvalue weighted by Crippen LogP contribution is 2.71. The van der Waals surface area contributed by atoms with E-state index in [9.17, 15) is 48.0 Å². The Labute approximate surface area is 427 Å². The van der Waals surface area contributed by atoms with Crippen molar-refractivity contribution in [3.8, 4) is 0 Å². The van der Waals surface area contributed by atoms with Gasteiger partial charge in [-0.2, -0.15) is 8.62 Å². The third-order valence-electron chi connectivity index (χ3n) is 11.2. The number of hydrogen-bond acceptors (Lipinski definition) is 20. The van der Waals surface area contributed by atoms with Crippen LogP contribution in [0.3, 0.4) is 0 Å². The first-order valence-corrected chi connectivity index (χ1v) is 31.0. The van der Waals surface area contributed by atoms with Crippen molar-refractivity contribution in [3.05, 3.63) is 23.1 Å². The van der Waals surface area contributed by atoms with Gasteiger partial charge in [0.1, 0.15) is 30.2 Å². The van der Waals surface area contributed by atoms with Crippen LogP contribution in [0.4, 0.5) is 5.82 Å². The number of nitrogens with zero attached hydrogens (tertiary/aromatic N) is 11. The monoisotopic (exact) mass is 1110 g/mol. The van der Waals surface area contributed by atoms with Crippen molar-refractivity contribution >= 4 is 48.0 Å². The summed E-state index contributed by atoms with van der Waals surface area (Å²) in [5.41, 5.74) is 14.2. The summed E-state index contributed by atoms with van der Waals surface area (Å²) < 4.78 is 71.7. The number of phosphoric acid groups is 3. The van der Waals surface area contributed by atoms with Gasteiger partial charge in [-0.1, -0.05) is 107 Å². The highest BCUT2D eigenvalue weighted by atomic mass is 31.3. The van der Waals surface area contributed by atoms with Crippen molar-refractivity contribution in [2.24, 2.45) is 5.11 Å². The first-order chi connectivity index (χ1) is 33.8. The number of unbranched alkanes of at least 4 members (excludes halogenated alkanes) is 4. The average molecular weight is 1120 g/mol. The number of azide groups is 1. The molecule has 3 rings (SSSR count). The van der Waals surface area contributed by atoms with E-state index in [1.807, 2.05) is 0 Å². The lowest BCUT2D eigenvalue weighted by Gasteiger charge is -2.21. The second kappa shape index (κ2) is 39.4. The van der Waals surface area contributed by atoms with Gasteiger partial charge in [0.05, 0.1) is 19.1 Å². The Kier molecular flexibility index (Phi) is 39.4. The smallest absolute Gasteiger partial charge is 0.387 e. The van der Waals surface area contributed by atoms with E-state index in [1.54, 1.807) is 0 Å². The van der Waals surface area contributed by atoms with Crippen LogP contribution in [0.25, 0.3) is 21.6 Å². The van der Waals surface area contributed by atoms with Crippen molar-refractivity contribution in [1.82, 2.24) is 39.1 Å². The fraction of sp³-hybridized carbons (Fsp3) is 0.878. The molecule has 1 saturated heterocycles. The van der Waals surface area contributed by atoms with Crippen molar-refractivity contribution < 1.29 is 70.2 Å². The molecule has 0 radical (unpaired) electrons. The number of ether oxygens (including phenoxy) is 1. The zero-order valence-electron chi connectivity index (χ0n) is 44.7. The summed E-state index contributed by atoms with van der Waals surface area (Å²) in [5, 5.41) is 24.1. The van der Waals surface area contributed by atoms with Crippen molar-refractivity contribution in [3.63, 3.8) is 0 Å². The van der Waals surface area contributed by atoms with Gasteiger partial charge in [-0.05, 0) is 96.9 Å². The number of hydrogen-bond donors (Lipinski definition) is 7. The SMILES string of the molecule is CCN(CC)CC.CCN(CC)CC.CCN(CC)CC.CCN(CC)CC.[N-]=[N+]=NCCCCCCCP(=O)(O)OP(=O)(O)OP(=O)(O)OP(=O)(O)OC[C@H]1O[C@@H](n2cnc3c(N)ncnc32)[C@H](O)[C@@H]1O. The number of aromatic nitrogens is 4. The minimum atomic E-state index is -5.98. The number of nitrogens with two attached hydrogens (primary N) is 1. The Morgan fingerprint density at radius 3 is 1.49 bits per heavy atom. The molecule has 0 spiro atoms. The molecule has 1 aliphatic rings. The standard InChI is InChI=1S/C17H30N8O15P4.4C6H15N/c18-15-12-16(21-9-20-15)25(10-22-12)17-14(27)13(26)11(37-17)8-36-42(30,31)39-44(34,35)40-43(32,33)38-41(28,29)7-5-3-1-2-4-6-23-24-19;4*1-4-7(5-2)6-3/h9-11,13-14,17,26-27H,1-8H2,(H,28,29)(H,30,31)(H,32,33)(H,34,35)(H2,18,20,21);4*4-6H2,1-3H3/t11-,13-,14-,17-;;;;/m1..../s1. The lowest BCUT2D eigenvalue weighted by atomic mass is 10.1. The Hall–Kier alpha value is -2.02. The summed E-state index contributed by atoms with van der Waals surface area (Å²) in [4.78, 5) is 62.9. The Bertz CT molecular complexity index is 1890. The Morgan fingerprint density at radius 1 is 0.639 bits per heavy atom. The molecule has 0 saturated carbocycles. The van der Waals surface area contributed by atoms with Gasteiger partial charge >= 0.3 is 31.1 Å². The second-order valence-electron chi connectivity index (χ2n) is 15.6. The Morgan fingerprint density at radius 2 is 1.06 bits per heavy atom. The van der Waals surface area contributed by atoms with E-state index in [2.05, 4.69) is 145 Å². The molecule has 1 aliphatic heterocycles. The minimum absolute atomic E-state index is 0.0158. The van der Waals surface area contributed by atoms with Gasteiger partial charge in [-0.25, -0.2) is 33.0 Å². The lowest BCUT2D eigenvalue weighted by Crippen LogP contribution is -2.33. The van der Waals surface area contributed by atoms with Gasteiger partial charge in [0.2, 0.25) is 0 Å². The predicted octanol–water partition coefficient (Wildman–Crippen LogP) is 7.23. The summed E-state index contributed by atoms with van der Waals surface area (Å²) in [6.45, 7) is 39.8. The number of fused-ring (bicyclic) bond motifs is 1. The third kappa shape index (κ3) is 30.5. The highest BCUT2D eigenvalue weighted by molar-refractivity contribution is 7.70. The van der Waals surface area contributed by atoms with Crippen LogP contribution in [0.2, 0.25) is 0 Å². The summed E-state index contributed by atoms with van der Waals surface area (Å²) in [6, 6.07) is 0. The molecule has 0 bridgehead atoms. The molecule has 0 aromatic carbocycles. The molecule has 0 aliphatic carbocycles. The molecule has 8 atom stereocenters. The number of aliphatic hydroxyl groups excluding tert-OH is 2. The molecule has 3 heterocycles. The van der Waals surface area contributed by atoms with Gasteiger partial charge < -0.3 is 59.9 Å². The normalized spacial score (nSPS) is 19.8. The quantitative estimate of drug-likeness (QED) is 0.0133. The molecule has 8 N–H and O–H groups in total. The first kappa shape index (κ1) is 72.1. The number of phosphoric ester groups is 1. The maximum atomic E-state index is 12.3. The fourth-order valence-electron chi connectivity index (χ4n) is 6.59. The van der Waals surface area contributed by atoms with Crippen LogP contribution in [0.15, 0.2) is 17.8 Å². The fourth-order valence-corrected chi connectivity index (χ4v) is 12.2. The van der Waals surface area contributed by atoms with Crippen LogP contribution in [-0.2, 0) is 40.5 Å². The molecule has 424 valence electrons. The molecular weight excluding hydrogens is 1020 g/mol. The van der Waals surface area contributed by atoms with Crippen molar-refractivity contribution in [2.45, 2.75) is 140 Å². The largest absolute Gasteiger partial charge is 0.490 e. The van der Waals surface area contributed by atoms with Crippen molar-refractivity contribution in [2.75, 3.05) is 104 Å². The van der Waals surface area contributed by atoms with Gasteiger partial charge in [-0.3, -0.25) is 13.7 Å². The van der Waals surface area contributed by atoms with E-state index >= 15 is 0 Å². The van der Waals surface area contributed by atoms with E-state index < -0.39 is 68.4 Å².